The van der Waals surface area contributed by atoms with Gasteiger partial charge in [-0.25, -0.2) is 0 Å². The summed E-state index contributed by atoms with van der Waals surface area (Å²) in [6.45, 7) is 8.67. The van der Waals surface area contributed by atoms with Crippen molar-refractivity contribution in [3.05, 3.63) is 24.3 Å². The molecule has 0 N–H and O–H groups in total. The Hall–Kier alpha value is -1.34. The lowest BCUT2D eigenvalue weighted by Crippen LogP contribution is -2.70. The molecule has 190 valence electrons. The van der Waals surface area contributed by atoms with E-state index < -0.39 is 0 Å². The highest BCUT2D eigenvalue weighted by Gasteiger charge is 2.48. The highest BCUT2D eigenvalue weighted by Crippen LogP contribution is 2.35. The number of rotatable bonds is 8. The third kappa shape index (κ3) is 4.84. The Morgan fingerprint density at radius 2 is 1.09 bits per heavy atom. The zero-order valence-corrected chi connectivity index (χ0v) is 22.1. The molecule has 1 aromatic carbocycles. The molecule has 4 aliphatic heterocycles. The second-order valence-corrected chi connectivity index (χ2v) is 12.2. The Labute approximate surface area is 207 Å². The van der Waals surface area contributed by atoms with Crippen LogP contribution in [0.2, 0.25) is 0 Å². The Balaban J connectivity index is 1.12. The fraction of sp³-hybridized carbons (Fsp3) is 0.786. The van der Waals surface area contributed by atoms with Gasteiger partial charge in [-0.1, -0.05) is 6.07 Å². The summed E-state index contributed by atoms with van der Waals surface area (Å²) in [5, 5.41) is 0. The number of nitrogens with zero attached hydrogens (tertiary/aromatic N) is 4. The van der Waals surface area contributed by atoms with Crippen LogP contribution in [0.3, 0.4) is 0 Å². The zero-order valence-electron chi connectivity index (χ0n) is 22.1. The van der Waals surface area contributed by atoms with Crippen molar-refractivity contribution in [2.24, 2.45) is 0 Å². The summed E-state index contributed by atoms with van der Waals surface area (Å²) < 4.78 is 14.9. The molecule has 0 radical (unpaired) electrons. The van der Waals surface area contributed by atoms with Crippen molar-refractivity contribution < 1.29 is 18.4 Å². The van der Waals surface area contributed by atoms with E-state index >= 15 is 0 Å². The van der Waals surface area contributed by atoms with E-state index in [0.717, 1.165) is 62.0 Å². The fourth-order valence-corrected chi connectivity index (χ4v) is 7.76. The van der Waals surface area contributed by atoms with E-state index in [4.69, 9.17) is 9.47 Å². The van der Waals surface area contributed by atoms with Crippen LogP contribution < -0.4 is 9.47 Å². The first-order chi connectivity index (χ1) is 16.4. The topological polar surface area (TPSA) is 24.9 Å². The van der Waals surface area contributed by atoms with E-state index in [2.05, 4.69) is 62.3 Å². The SMILES string of the molecule is CN1CC2CCCC(C1)[N+]2(C)CCOc1cccc(OCC[N+]2(C)C3CCCC2CN(C)C3)c1. The molecule has 4 fully saturated rings. The average Bonchev–Trinajstić information content (AvgIpc) is 2.76. The summed E-state index contributed by atoms with van der Waals surface area (Å²) >= 11 is 0. The first kappa shape index (κ1) is 24.4. The van der Waals surface area contributed by atoms with Crippen molar-refractivity contribution in [2.75, 3.05) is 80.7 Å². The maximum atomic E-state index is 6.28. The van der Waals surface area contributed by atoms with Crippen molar-refractivity contribution in [3.8, 4) is 11.5 Å². The van der Waals surface area contributed by atoms with Crippen molar-refractivity contribution in [1.29, 1.82) is 0 Å². The quantitative estimate of drug-likeness (QED) is 0.543. The molecule has 34 heavy (non-hydrogen) atoms. The predicted octanol–water partition coefficient (Wildman–Crippen LogP) is 3.07. The summed E-state index contributed by atoms with van der Waals surface area (Å²) in [5.41, 5.74) is 0. The first-order valence-corrected chi connectivity index (χ1v) is 13.8. The molecule has 0 aromatic heterocycles. The molecule has 0 saturated carbocycles. The molecule has 1 aromatic rings. The normalized spacial score (nSPS) is 38.5. The molecule has 4 saturated heterocycles. The number of piperidine rings is 2. The van der Waals surface area contributed by atoms with Crippen molar-refractivity contribution >= 4 is 0 Å². The average molecular weight is 473 g/mol. The minimum atomic E-state index is 0.759. The van der Waals surface area contributed by atoms with Gasteiger partial charge in [-0.3, -0.25) is 9.80 Å². The number of piperazine rings is 2. The lowest BCUT2D eigenvalue weighted by Gasteiger charge is -2.55. The van der Waals surface area contributed by atoms with Gasteiger partial charge in [0, 0.05) is 31.7 Å². The van der Waals surface area contributed by atoms with Gasteiger partial charge in [-0.05, 0) is 39.1 Å². The fourth-order valence-electron chi connectivity index (χ4n) is 7.76. The Morgan fingerprint density at radius 3 is 1.47 bits per heavy atom. The maximum Gasteiger partial charge on any atom is 0.137 e. The molecule has 5 rings (SSSR count). The molecule has 6 nitrogen and oxygen atoms in total. The Morgan fingerprint density at radius 1 is 0.706 bits per heavy atom. The van der Waals surface area contributed by atoms with Crippen LogP contribution in [0.1, 0.15) is 38.5 Å². The third-order valence-corrected chi connectivity index (χ3v) is 10.1. The molecular formula is C28H48N4O2+2. The van der Waals surface area contributed by atoms with Gasteiger partial charge in [-0.2, -0.15) is 0 Å². The molecule has 0 spiro atoms. The number of hydrogen-bond donors (Lipinski definition) is 0. The predicted molar refractivity (Wildman–Crippen MR) is 137 cm³/mol. The van der Waals surface area contributed by atoms with E-state index in [9.17, 15) is 0 Å². The van der Waals surface area contributed by atoms with Crippen molar-refractivity contribution in [1.82, 2.24) is 9.80 Å². The number of quaternary nitrogens is 2. The summed E-state index contributed by atoms with van der Waals surface area (Å²) in [7, 11) is 9.52. The van der Waals surface area contributed by atoms with E-state index in [1.54, 1.807) is 0 Å². The highest BCUT2D eigenvalue weighted by molar-refractivity contribution is 5.32. The molecule has 4 aliphatic rings. The number of hydrogen-bond acceptors (Lipinski definition) is 4. The number of ether oxygens (including phenoxy) is 2. The van der Waals surface area contributed by atoms with Gasteiger partial charge in [0.15, 0.2) is 0 Å². The number of likely N-dealkylation sites (tertiary alicyclic amines) is 2. The summed E-state index contributed by atoms with van der Waals surface area (Å²) in [6, 6.07) is 11.4. The van der Waals surface area contributed by atoms with E-state index in [-0.39, 0.29) is 0 Å². The highest BCUT2D eigenvalue weighted by atomic mass is 16.5. The summed E-state index contributed by atoms with van der Waals surface area (Å²) in [6.07, 6.45) is 8.22. The Bertz CT molecular complexity index is 741. The standard InChI is InChI=1S/C28H48N4O2/c1-29-19-23-8-5-9-24(20-29)31(23,3)14-16-33-27-12-7-13-28(18-27)34-17-15-32(4)25-10-6-11-26(32)22-30(2)21-25/h7,12-13,18,23-26H,5-6,8-11,14-17,19-22H2,1-4H3/q+2. The van der Waals surface area contributed by atoms with Gasteiger partial charge < -0.3 is 18.4 Å². The van der Waals surface area contributed by atoms with Gasteiger partial charge in [-0.15, -0.1) is 0 Å². The minimum Gasteiger partial charge on any atom is -0.488 e. The van der Waals surface area contributed by atoms with Crippen LogP contribution in [0.5, 0.6) is 11.5 Å². The number of fused-ring (bicyclic) bond motifs is 4. The monoisotopic (exact) mass is 472 g/mol. The van der Waals surface area contributed by atoms with Gasteiger partial charge in [0.2, 0.25) is 0 Å². The van der Waals surface area contributed by atoms with Crippen LogP contribution in [0.4, 0.5) is 0 Å². The molecule has 0 aliphatic carbocycles. The van der Waals surface area contributed by atoms with Crippen molar-refractivity contribution in [2.45, 2.75) is 62.7 Å². The maximum absolute atomic E-state index is 6.28. The van der Waals surface area contributed by atoms with Gasteiger partial charge in [0.25, 0.3) is 0 Å². The summed E-state index contributed by atoms with van der Waals surface area (Å²) in [4.78, 5) is 5.07. The minimum absolute atomic E-state index is 0.759. The van der Waals surface area contributed by atoms with Crippen LogP contribution in [-0.2, 0) is 0 Å². The second kappa shape index (κ2) is 9.96. The van der Waals surface area contributed by atoms with Crippen LogP contribution in [-0.4, -0.2) is 124 Å². The van der Waals surface area contributed by atoms with Crippen LogP contribution in [0.25, 0.3) is 0 Å². The molecule has 4 heterocycles. The lowest BCUT2D eigenvalue weighted by molar-refractivity contribution is -0.965. The molecule has 4 atom stereocenters. The van der Waals surface area contributed by atoms with Crippen LogP contribution in [0.15, 0.2) is 24.3 Å². The molecule has 6 heteroatoms. The van der Waals surface area contributed by atoms with Crippen LogP contribution >= 0.6 is 0 Å². The van der Waals surface area contributed by atoms with E-state index in [0.29, 0.717) is 0 Å². The van der Waals surface area contributed by atoms with Gasteiger partial charge >= 0.3 is 0 Å². The van der Waals surface area contributed by atoms with Crippen LogP contribution in [0, 0.1) is 0 Å². The van der Waals surface area contributed by atoms with E-state index in [1.165, 1.54) is 73.7 Å². The largest absolute Gasteiger partial charge is 0.488 e. The lowest BCUT2D eigenvalue weighted by atomic mass is 9.88. The second-order valence-electron chi connectivity index (χ2n) is 12.2. The zero-order chi connectivity index (χ0) is 23.8. The van der Waals surface area contributed by atoms with Gasteiger partial charge in [0.05, 0.1) is 40.3 Å². The Kier molecular flexibility index (Phi) is 7.14. The molecule has 4 bridgehead atoms. The van der Waals surface area contributed by atoms with Crippen molar-refractivity contribution in [3.63, 3.8) is 0 Å². The third-order valence-electron chi connectivity index (χ3n) is 10.1. The van der Waals surface area contributed by atoms with Gasteiger partial charge in [0.1, 0.15) is 62.0 Å². The number of benzene rings is 1. The molecule has 4 unspecified atom stereocenters. The molecule has 0 amide bonds. The smallest absolute Gasteiger partial charge is 0.137 e. The molecular weight excluding hydrogens is 424 g/mol. The summed E-state index contributed by atoms with van der Waals surface area (Å²) in [5.74, 6) is 1.89. The first-order valence-electron chi connectivity index (χ1n) is 13.8. The van der Waals surface area contributed by atoms with E-state index in [1.807, 2.05) is 0 Å². The number of likely N-dealkylation sites (N-methyl/N-ethyl adjacent to an activating group) is 4.